The van der Waals surface area contributed by atoms with Crippen molar-refractivity contribution in [2.75, 3.05) is 14.2 Å². The van der Waals surface area contributed by atoms with Crippen LogP contribution in [0.4, 0.5) is 0 Å². The number of hydrogen-bond acceptors (Lipinski definition) is 4. The lowest BCUT2D eigenvalue weighted by molar-refractivity contribution is 0.347. The molecule has 0 aliphatic carbocycles. The molecule has 1 rings (SSSR count). The molecule has 0 aliphatic rings. The molecule has 1 aromatic carbocycles. The topological polar surface area (TPSA) is 56.5 Å². The van der Waals surface area contributed by atoms with Crippen LogP contribution in [0.2, 0.25) is 0 Å². The van der Waals surface area contributed by atoms with Crippen molar-refractivity contribution in [2.45, 2.75) is 12.5 Å². The monoisotopic (exact) mass is 220 g/mol. The van der Waals surface area contributed by atoms with Gasteiger partial charge in [0.05, 0.1) is 20.3 Å². The number of nitrogens with two attached hydrogens (primary N) is 1. The van der Waals surface area contributed by atoms with E-state index in [-0.39, 0.29) is 6.04 Å². The number of ether oxygens (including phenoxy) is 2. The van der Waals surface area contributed by atoms with Gasteiger partial charge in [-0.25, -0.2) is 0 Å². The van der Waals surface area contributed by atoms with Crippen LogP contribution in [0.5, 0.6) is 11.5 Å². The summed E-state index contributed by atoms with van der Waals surface area (Å²) in [5, 5.41) is 0. The normalized spacial score (nSPS) is 11.6. The van der Waals surface area contributed by atoms with E-state index in [1.807, 2.05) is 18.2 Å². The molecule has 0 amide bonds. The molecule has 1 aromatic rings. The van der Waals surface area contributed by atoms with Gasteiger partial charge in [-0.15, -0.1) is 12.3 Å². The van der Waals surface area contributed by atoms with Crippen LogP contribution in [0, 0.1) is 12.3 Å². The third kappa shape index (κ3) is 2.45. The third-order valence-electron chi connectivity index (χ3n) is 2.33. The molecule has 0 saturated heterocycles. The maximum atomic E-state index is 5.46. The first-order chi connectivity index (χ1) is 7.78. The van der Waals surface area contributed by atoms with Crippen molar-refractivity contribution in [2.24, 2.45) is 5.84 Å². The smallest absolute Gasteiger partial charge is 0.165 e. The maximum absolute atomic E-state index is 5.46. The third-order valence-corrected chi connectivity index (χ3v) is 2.33. The number of benzene rings is 1. The zero-order valence-corrected chi connectivity index (χ0v) is 9.49. The molecule has 4 nitrogen and oxygen atoms in total. The molecule has 1 atom stereocenters. The molecule has 0 aromatic heterocycles. The molecule has 0 radical (unpaired) electrons. The zero-order chi connectivity index (χ0) is 12.0. The molecule has 86 valence electrons. The predicted octanol–water partition coefficient (Wildman–Crippen LogP) is 1.23. The standard InChI is InChI=1S/C12H16N2O2/c1-4-6-10(14-13)9-7-5-8-11(15-2)12(9)16-3/h1,5,7-8,10,14H,6,13H2,2-3H3. The van der Waals surface area contributed by atoms with E-state index in [0.717, 1.165) is 5.56 Å². The van der Waals surface area contributed by atoms with Crippen LogP contribution in [0.1, 0.15) is 18.0 Å². The average molecular weight is 220 g/mol. The van der Waals surface area contributed by atoms with Gasteiger partial charge < -0.3 is 9.47 Å². The molecule has 3 N–H and O–H groups in total. The van der Waals surface area contributed by atoms with Crippen molar-refractivity contribution in [3.63, 3.8) is 0 Å². The fourth-order valence-electron chi connectivity index (χ4n) is 1.56. The van der Waals surface area contributed by atoms with Crippen LogP contribution in [-0.4, -0.2) is 14.2 Å². The molecule has 4 heteroatoms. The summed E-state index contributed by atoms with van der Waals surface area (Å²) < 4.78 is 10.5. The Kier molecular flexibility index (Phi) is 4.65. The van der Waals surface area contributed by atoms with Crippen molar-refractivity contribution in [1.82, 2.24) is 5.43 Å². The van der Waals surface area contributed by atoms with Crippen molar-refractivity contribution < 1.29 is 9.47 Å². The molecule has 1 unspecified atom stereocenters. The van der Waals surface area contributed by atoms with E-state index in [0.29, 0.717) is 17.9 Å². The van der Waals surface area contributed by atoms with Crippen LogP contribution in [0.25, 0.3) is 0 Å². The van der Waals surface area contributed by atoms with Gasteiger partial charge in [-0.1, -0.05) is 12.1 Å². The van der Waals surface area contributed by atoms with E-state index < -0.39 is 0 Å². The van der Waals surface area contributed by atoms with Crippen LogP contribution < -0.4 is 20.7 Å². The van der Waals surface area contributed by atoms with Crippen molar-refractivity contribution in [3.05, 3.63) is 23.8 Å². The minimum Gasteiger partial charge on any atom is -0.493 e. The number of rotatable bonds is 5. The Morgan fingerprint density at radius 1 is 1.44 bits per heavy atom. The lowest BCUT2D eigenvalue weighted by Crippen LogP contribution is -2.28. The van der Waals surface area contributed by atoms with Gasteiger partial charge in [0.25, 0.3) is 0 Å². The molecule has 0 saturated carbocycles. The average Bonchev–Trinajstić information content (AvgIpc) is 2.34. The maximum Gasteiger partial charge on any atom is 0.165 e. The van der Waals surface area contributed by atoms with E-state index >= 15 is 0 Å². The van der Waals surface area contributed by atoms with Crippen molar-refractivity contribution in [1.29, 1.82) is 0 Å². The Morgan fingerprint density at radius 2 is 2.19 bits per heavy atom. The fourth-order valence-corrected chi connectivity index (χ4v) is 1.56. The highest BCUT2D eigenvalue weighted by atomic mass is 16.5. The summed E-state index contributed by atoms with van der Waals surface area (Å²) in [5.74, 6) is 9.35. The molecule has 16 heavy (non-hydrogen) atoms. The quantitative estimate of drug-likeness (QED) is 0.445. The largest absolute Gasteiger partial charge is 0.493 e. The SMILES string of the molecule is C#CCC(NN)c1cccc(OC)c1OC. The molecule has 0 fully saturated rings. The van der Waals surface area contributed by atoms with Gasteiger partial charge in [0, 0.05) is 12.0 Å². The molecule has 0 bridgehead atoms. The number of terminal acetylenes is 1. The summed E-state index contributed by atoms with van der Waals surface area (Å²) in [7, 11) is 3.18. The molecule has 0 spiro atoms. The number of hydrogen-bond donors (Lipinski definition) is 2. The van der Waals surface area contributed by atoms with Gasteiger partial charge in [0.15, 0.2) is 11.5 Å². The number of para-hydroxylation sites is 1. The van der Waals surface area contributed by atoms with Crippen LogP contribution >= 0.6 is 0 Å². The predicted molar refractivity (Wildman–Crippen MR) is 63.1 cm³/mol. The van der Waals surface area contributed by atoms with Gasteiger partial charge in [-0.2, -0.15) is 0 Å². The van der Waals surface area contributed by atoms with E-state index in [1.54, 1.807) is 14.2 Å². The minimum atomic E-state index is -0.143. The first-order valence-electron chi connectivity index (χ1n) is 4.89. The highest BCUT2D eigenvalue weighted by Crippen LogP contribution is 2.35. The second-order valence-electron chi connectivity index (χ2n) is 3.21. The van der Waals surface area contributed by atoms with Crippen molar-refractivity contribution >= 4 is 0 Å². The first-order valence-corrected chi connectivity index (χ1v) is 4.89. The minimum absolute atomic E-state index is 0.143. The molecule has 0 aliphatic heterocycles. The van der Waals surface area contributed by atoms with E-state index in [9.17, 15) is 0 Å². The Morgan fingerprint density at radius 3 is 2.69 bits per heavy atom. The summed E-state index contributed by atoms with van der Waals surface area (Å²) in [4.78, 5) is 0. The number of hydrazine groups is 1. The van der Waals surface area contributed by atoms with Gasteiger partial charge in [0.1, 0.15) is 0 Å². The van der Waals surface area contributed by atoms with Gasteiger partial charge in [-0.3, -0.25) is 11.3 Å². The first kappa shape index (κ1) is 12.4. The van der Waals surface area contributed by atoms with Gasteiger partial charge >= 0.3 is 0 Å². The lowest BCUT2D eigenvalue weighted by atomic mass is 10.0. The van der Waals surface area contributed by atoms with Crippen molar-refractivity contribution in [3.8, 4) is 23.8 Å². The lowest BCUT2D eigenvalue weighted by Gasteiger charge is -2.18. The summed E-state index contributed by atoms with van der Waals surface area (Å²) in [6, 6.07) is 5.46. The molecule has 0 heterocycles. The highest BCUT2D eigenvalue weighted by molar-refractivity contribution is 5.48. The van der Waals surface area contributed by atoms with E-state index in [1.165, 1.54) is 0 Å². The Labute approximate surface area is 95.7 Å². The summed E-state index contributed by atoms with van der Waals surface area (Å²) >= 11 is 0. The van der Waals surface area contributed by atoms with Gasteiger partial charge in [0.2, 0.25) is 0 Å². The fraction of sp³-hybridized carbons (Fsp3) is 0.333. The summed E-state index contributed by atoms with van der Waals surface area (Å²) in [6.45, 7) is 0. The van der Waals surface area contributed by atoms with E-state index in [2.05, 4.69) is 11.3 Å². The molecular weight excluding hydrogens is 204 g/mol. The van der Waals surface area contributed by atoms with Crippen LogP contribution in [0.15, 0.2) is 18.2 Å². The van der Waals surface area contributed by atoms with Gasteiger partial charge in [-0.05, 0) is 6.07 Å². The summed E-state index contributed by atoms with van der Waals surface area (Å²) in [5.41, 5.74) is 3.56. The van der Waals surface area contributed by atoms with Crippen LogP contribution in [0.3, 0.4) is 0 Å². The van der Waals surface area contributed by atoms with E-state index in [4.69, 9.17) is 21.7 Å². The van der Waals surface area contributed by atoms with Crippen LogP contribution in [-0.2, 0) is 0 Å². The number of nitrogens with one attached hydrogen (secondary N) is 1. The second-order valence-corrected chi connectivity index (χ2v) is 3.21. The Bertz CT molecular complexity index is 385. The Balaban J connectivity index is 3.16. The highest BCUT2D eigenvalue weighted by Gasteiger charge is 2.16. The Hall–Kier alpha value is -1.70. The summed E-state index contributed by atoms with van der Waals surface area (Å²) in [6.07, 6.45) is 5.77. The second kappa shape index (κ2) is 6.01. The molecular formula is C12H16N2O2. The number of methoxy groups -OCH3 is 2. The zero-order valence-electron chi connectivity index (χ0n) is 9.49.